The van der Waals surface area contributed by atoms with Crippen molar-refractivity contribution in [3.63, 3.8) is 0 Å². The van der Waals surface area contributed by atoms with Gasteiger partial charge in [0.2, 0.25) is 5.95 Å². The summed E-state index contributed by atoms with van der Waals surface area (Å²) in [5.41, 5.74) is 12.8. The number of rotatable bonds is 5. The Balaban J connectivity index is 2.30. The topological polar surface area (TPSA) is 120 Å². The quantitative estimate of drug-likeness (QED) is 0.687. The second kappa shape index (κ2) is 7.03. The smallest absolute Gasteiger partial charge is 0.222 e. The maximum Gasteiger partial charge on any atom is 0.222 e. The summed E-state index contributed by atoms with van der Waals surface area (Å²) in [6.07, 6.45) is 0. The van der Waals surface area contributed by atoms with E-state index in [9.17, 15) is 5.26 Å². The van der Waals surface area contributed by atoms with Crippen molar-refractivity contribution in [2.75, 3.05) is 31.8 Å². The molecular formula is C18H17N5O2. The van der Waals surface area contributed by atoms with Crippen molar-refractivity contribution in [1.29, 1.82) is 5.26 Å². The van der Waals surface area contributed by atoms with E-state index < -0.39 is 0 Å². The monoisotopic (exact) mass is 335 g/mol. The molecule has 7 nitrogen and oxygen atoms in total. The fourth-order valence-electron chi connectivity index (χ4n) is 2.64. The second-order valence-corrected chi connectivity index (χ2v) is 5.30. The minimum atomic E-state index is 0.00211. The van der Waals surface area contributed by atoms with Crippen LogP contribution < -0.4 is 16.2 Å². The number of nitrogens with zero attached hydrogens (tertiary/aromatic N) is 3. The molecule has 0 aliphatic carbocycles. The van der Waals surface area contributed by atoms with Crippen LogP contribution in [0.3, 0.4) is 0 Å². The van der Waals surface area contributed by atoms with E-state index in [1.807, 2.05) is 36.4 Å². The van der Waals surface area contributed by atoms with Crippen LogP contribution in [0.2, 0.25) is 0 Å². The predicted octanol–water partition coefficient (Wildman–Crippen LogP) is 2.36. The molecule has 2 aromatic carbocycles. The number of fused-ring (bicyclic) bond motifs is 1. The van der Waals surface area contributed by atoms with E-state index in [1.54, 1.807) is 7.11 Å². The van der Waals surface area contributed by atoms with Crippen LogP contribution in [-0.4, -0.2) is 30.3 Å². The molecule has 0 saturated carbocycles. The third-order valence-corrected chi connectivity index (χ3v) is 3.74. The molecule has 0 radical (unpaired) electrons. The summed E-state index contributed by atoms with van der Waals surface area (Å²) in [5, 5.41) is 11.4. The second-order valence-electron chi connectivity index (χ2n) is 5.30. The van der Waals surface area contributed by atoms with Crippen molar-refractivity contribution in [2.24, 2.45) is 0 Å². The van der Waals surface area contributed by atoms with Gasteiger partial charge in [0.25, 0.3) is 0 Å². The lowest BCUT2D eigenvalue weighted by Crippen LogP contribution is -2.08. The predicted molar refractivity (Wildman–Crippen MR) is 95.9 cm³/mol. The Morgan fingerprint density at radius 1 is 1.08 bits per heavy atom. The molecule has 0 aliphatic heterocycles. The van der Waals surface area contributed by atoms with Gasteiger partial charge in [-0.2, -0.15) is 10.2 Å². The van der Waals surface area contributed by atoms with Gasteiger partial charge in [0.1, 0.15) is 35.5 Å². The summed E-state index contributed by atoms with van der Waals surface area (Å²) in [4.78, 5) is 8.14. The molecule has 1 heterocycles. The van der Waals surface area contributed by atoms with Gasteiger partial charge < -0.3 is 20.9 Å². The minimum absolute atomic E-state index is 0.00211. The maximum absolute atomic E-state index is 9.52. The first-order chi connectivity index (χ1) is 12.2. The summed E-state index contributed by atoms with van der Waals surface area (Å²) in [5.74, 6) is 0.618. The molecule has 4 N–H and O–H groups in total. The molecule has 1 aromatic heterocycles. The van der Waals surface area contributed by atoms with Crippen LogP contribution in [0, 0.1) is 11.3 Å². The molecule has 0 amide bonds. The Morgan fingerprint density at radius 3 is 2.64 bits per heavy atom. The molecule has 25 heavy (non-hydrogen) atoms. The summed E-state index contributed by atoms with van der Waals surface area (Å²) >= 11 is 0. The van der Waals surface area contributed by atoms with Gasteiger partial charge in [-0.15, -0.1) is 0 Å². The third kappa shape index (κ3) is 3.16. The highest BCUT2D eigenvalue weighted by Gasteiger charge is 2.19. The Kier molecular flexibility index (Phi) is 4.64. The van der Waals surface area contributed by atoms with E-state index >= 15 is 0 Å². The van der Waals surface area contributed by atoms with Crippen molar-refractivity contribution in [3.8, 4) is 23.1 Å². The van der Waals surface area contributed by atoms with E-state index in [0.29, 0.717) is 30.2 Å². The molecule has 7 heteroatoms. The highest BCUT2D eigenvalue weighted by Crippen LogP contribution is 2.38. The van der Waals surface area contributed by atoms with Gasteiger partial charge in [0, 0.05) is 7.11 Å². The molecular weight excluding hydrogens is 318 g/mol. The standard InChI is InChI=1S/C18H17N5O2/c1-24-8-9-25-14-7-6-11-4-2-3-5-12(11)15(14)16-13(10-19)17(20)23-18(21)22-16/h2-7H,8-9H2,1H3,(H4,20,21,22,23). The molecule has 0 saturated heterocycles. The fraction of sp³-hybridized carbons (Fsp3) is 0.167. The Morgan fingerprint density at radius 2 is 1.88 bits per heavy atom. The lowest BCUT2D eigenvalue weighted by Gasteiger charge is -2.15. The van der Waals surface area contributed by atoms with Gasteiger partial charge in [0.15, 0.2) is 0 Å². The summed E-state index contributed by atoms with van der Waals surface area (Å²) < 4.78 is 10.9. The zero-order valence-electron chi connectivity index (χ0n) is 13.7. The first-order valence-electron chi connectivity index (χ1n) is 7.62. The average Bonchev–Trinajstić information content (AvgIpc) is 2.61. The molecule has 0 atom stereocenters. The lowest BCUT2D eigenvalue weighted by atomic mass is 9.98. The van der Waals surface area contributed by atoms with E-state index in [2.05, 4.69) is 16.0 Å². The Labute approximate surface area is 144 Å². The molecule has 0 fully saturated rings. The van der Waals surface area contributed by atoms with E-state index in [0.717, 1.165) is 10.8 Å². The zero-order chi connectivity index (χ0) is 17.8. The summed E-state index contributed by atoms with van der Waals surface area (Å²) in [6.45, 7) is 0.797. The van der Waals surface area contributed by atoms with Crippen LogP contribution >= 0.6 is 0 Å². The number of methoxy groups -OCH3 is 1. The first kappa shape index (κ1) is 16.5. The zero-order valence-corrected chi connectivity index (χ0v) is 13.7. The molecule has 0 bridgehead atoms. The molecule has 0 unspecified atom stereocenters. The SMILES string of the molecule is COCCOc1ccc2ccccc2c1-c1nc(N)nc(N)c1C#N. The minimum Gasteiger partial charge on any atom is -0.490 e. The van der Waals surface area contributed by atoms with E-state index in [-0.39, 0.29) is 17.3 Å². The van der Waals surface area contributed by atoms with Crippen molar-refractivity contribution < 1.29 is 9.47 Å². The lowest BCUT2D eigenvalue weighted by molar-refractivity contribution is 0.146. The average molecular weight is 335 g/mol. The van der Waals surface area contributed by atoms with Crippen molar-refractivity contribution in [3.05, 3.63) is 42.0 Å². The number of ether oxygens (including phenoxy) is 2. The van der Waals surface area contributed by atoms with Crippen molar-refractivity contribution >= 4 is 22.5 Å². The molecule has 0 aliphatic rings. The number of benzene rings is 2. The number of nitrogen functional groups attached to an aromatic ring is 2. The first-order valence-corrected chi connectivity index (χ1v) is 7.62. The Hall–Kier alpha value is -3.37. The van der Waals surface area contributed by atoms with Crippen LogP contribution in [0.1, 0.15) is 5.56 Å². The van der Waals surface area contributed by atoms with Gasteiger partial charge in [-0.25, -0.2) is 4.98 Å². The van der Waals surface area contributed by atoms with Gasteiger partial charge >= 0.3 is 0 Å². The van der Waals surface area contributed by atoms with Crippen molar-refractivity contribution in [1.82, 2.24) is 9.97 Å². The molecule has 3 aromatic rings. The number of hydrogen-bond acceptors (Lipinski definition) is 7. The highest BCUT2D eigenvalue weighted by atomic mass is 16.5. The van der Waals surface area contributed by atoms with Crippen LogP contribution in [0.4, 0.5) is 11.8 Å². The number of nitrogens with two attached hydrogens (primary N) is 2. The van der Waals surface area contributed by atoms with Gasteiger partial charge in [-0.05, 0) is 16.8 Å². The summed E-state index contributed by atoms with van der Waals surface area (Å²) in [7, 11) is 1.60. The van der Waals surface area contributed by atoms with Crippen molar-refractivity contribution in [2.45, 2.75) is 0 Å². The van der Waals surface area contributed by atoms with E-state index in [4.69, 9.17) is 20.9 Å². The van der Waals surface area contributed by atoms with Crippen LogP contribution in [-0.2, 0) is 4.74 Å². The van der Waals surface area contributed by atoms with Crippen LogP contribution in [0.25, 0.3) is 22.0 Å². The van der Waals surface area contributed by atoms with E-state index in [1.165, 1.54) is 0 Å². The fourth-order valence-corrected chi connectivity index (χ4v) is 2.64. The number of hydrogen-bond donors (Lipinski definition) is 2. The highest BCUT2D eigenvalue weighted by molar-refractivity contribution is 6.00. The third-order valence-electron chi connectivity index (χ3n) is 3.74. The maximum atomic E-state index is 9.52. The molecule has 3 rings (SSSR count). The largest absolute Gasteiger partial charge is 0.490 e. The number of aromatic nitrogens is 2. The molecule has 0 spiro atoms. The Bertz CT molecular complexity index is 966. The number of anilines is 2. The van der Waals surface area contributed by atoms with Crippen LogP contribution in [0.5, 0.6) is 5.75 Å². The number of nitriles is 1. The van der Waals surface area contributed by atoms with Gasteiger partial charge in [-0.1, -0.05) is 30.3 Å². The normalized spacial score (nSPS) is 10.6. The summed E-state index contributed by atoms with van der Waals surface area (Å²) in [6, 6.07) is 13.6. The van der Waals surface area contributed by atoms with Gasteiger partial charge in [0.05, 0.1) is 12.2 Å². The molecule has 126 valence electrons. The van der Waals surface area contributed by atoms with Crippen LogP contribution in [0.15, 0.2) is 36.4 Å². The van der Waals surface area contributed by atoms with Gasteiger partial charge in [-0.3, -0.25) is 0 Å².